The second-order valence-corrected chi connectivity index (χ2v) is 4.53. The van der Waals surface area contributed by atoms with E-state index in [4.69, 9.17) is 15.0 Å². The van der Waals surface area contributed by atoms with Crippen molar-refractivity contribution in [1.29, 1.82) is 0 Å². The van der Waals surface area contributed by atoms with Gasteiger partial charge in [0.25, 0.3) is 5.89 Å². The second-order valence-electron chi connectivity index (χ2n) is 4.53. The minimum atomic E-state index is -0.780. The Morgan fingerprint density at radius 2 is 2.05 bits per heavy atom. The Kier molecular flexibility index (Phi) is 4.29. The van der Waals surface area contributed by atoms with E-state index >= 15 is 0 Å². The first-order valence-electron chi connectivity index (χ1n) is 6.39. The first-order valence-corrected chi connectivity index (χ1v) is 6.39. The van der Waals surface area contributed by atoms with Crippen molar-refractivity contribution in [2.75, 3.05) is 13.2 Å². The van der Waals surface area contributed by atoms with E-state index in [0.29, 0.717) is 31.3 Å². The van der Waals surface area contributed by atoms with Gasteiger partial charge in [0, 0.05) is 13.0 Å². The van der Waals surface area contributed by atoms with Crippen LogP contribution in [0.15, 0.2) is 34.9 Å². The third kappa shape index (κ3) is 3.19. The van der Waals surface area contributed by atoms with Gasteiger partial charge in [-0.05, 0) is 19.4 Å². The molecule has 1 atom stereocenters. The molecule has 102 valence electrons. The summed E-state index contributed by atoms with van der Waals surface area (Å²) in [5.74, 6) is 1.04. The van der Waals surface area contributed by atoms with Gasteiger partial charge in [0.05, 0.1) is 6.61 Å². The molecular weight excluding hydrogens is 242 g/mol. The molecule has 0 aliphatic rings. The van der Waals surface area contributed by atoms with Gasteiger partial charge in [-0.15, -0.1) is 0 Å². The van der Waals surface area contributed by atoms with Gasteiger partial charge in [0.2, 0.25) is 0 Å². The zero-order valence-corrected chi connectivity index (χ0v) is 11.3. The highest BCUT2D eigenvalue weighted by Crippen LogP contribution is 2.24. The Labute approximate surface area is 112 Å². The molecule has 0 bridgehead atoms. The molecule has 2 rings (SSSR count). The van der Waals surface area contributed by atoms with Gasteiger partial charge in [-0.3, -0.25) is 0 Å². The predicted molar refractivity (Wildman–Crippen MR) is 71.6 cm³/mol. The van der Waals surface area contributed by atoms with Crippen LogP contribution in [0.25, 0.3) is 0 Å². The molecule has 0 aliphatic carbocycles. The van der Waals surface area contributed by atoms with E-state index in [0.717, 1.165) is 5.56 Å². The van der Waals surface area contributed by atoms with Crippen molar-refractivity contribution >= 4 is 0 Å². The van der Waals surface area contributed by atoms with Gasteiger partial charge in [-0.2, -0.15) is 4.98 Å². The largest absolute Gasteiger partial charge is 0.381 e. The van der Waals surface area contributed by atoms with Crippen LogP contribution in [0.1, 0.15) is 31.1 Å². The zero-order valence-electron chi connectivity index (χ0n) is 11.3. The maximum Gasteiger partial charge on any atom is 0.251 e. The van der Waals surface area contributed by atoms with Crippen LogP contribution in [-0.2, 0) is 16.7 Å². The highest BCUT2D eigenvalue weighted by atomic mass is 16.5. The van der Waals surface area contributed by atoms with Gasteiger partial charge in [-0.25, -0.2) is 0 Å². The van der Waals surface area contributed by atoms with Crippen LogP contribution in [-0.4, -0.2) is 23.4 Å². The summed E-state index contributed by atoms with van der Waals surface area (Å²) in [6.45, 7) is 5.08. The molecule has 19 heavy (non-hydrogen) atoms. The summed E-state index contributed by atoms with van der Waals surface area (Å²) in [5.41, 5.74) is 6.46. The molecule has 2 N–H and O–H groups in total. The van der Waals surface area contributed by atoms with Crippen LogP contribution < -0.4 is 5.73 Å². The van der Waals surface area contributed by atoms with Crippen LogP contribution in [0.5, 0.6) is 0 Å². The number of ether oxygens (including phenoxy) is 1. The van der Waals surface area contributed by atoms with Gasteiger partial charge in [0.1, 0.15) is 5.54 Å². The standard InChI is InChI=1S/C14H19N3O2/c1-3-18-10-9-12-16-13(19-17-12)14(2,15)11-7-5-4-6-8-11/h4-8H,3,9-10,15H2,1-2H3. The lowest BCUT2D eigenvalue weighted by atomic mass is 9.93. The van der Waals surface area contributed by atoms with Crippen LogP contribution in [0.4, 0.5) is 0 Å². The second kappa shape index (κ2) is 5.95. The van der Waals surface area contributed by atoms with E-state index in [2.05, 4.69) is 10.1 Å². The van der Waals surface area contributed by atoms with Crippen molar-refractivity contribution in [2.45, 2.75) is 25.8 Å². The highest BCUT2D eigenvalue weighted by Gasteiger charge is 2.30. The fraction of sp³-hybridized carbons (Fsp3) is 0.429. The summed E-state index contributed by atoms with van der Waals surface area (Å²) in [7, 11) is 0. The number of benzene rings is 1. The van der Waals surface area contributed by atoms with Gasteiger partial charge < -0.3 is 15.0 Å². The lowest BCUT2D eigenvalue weighted by Crippen LogP contribution is -2.34. The average molecular weight is 261 g/mol. The Morgan fingerprint density at radius 1 is 1.32 bits per heavy atom. The molecule has 1 unspecified atom stereocenters. The molecule has 0 saturated heterocycles. The third-order valence-electron chi connectivity index (χ3n) is 2.96. The normalized spacial score (nSPS) is 14.3. The number of rotatable bonds is 6. The molecule has 2 aromatic rings. The number of hydrogen-bond acceptors (Lipinski definition) is 5. The predicted octanol–water partition coefficient (Wildman–Crippen LogP) is 1.87. The number of nitrogens with zero attached hydrogens (tertiary/aromatic N) is 2. The molecule has 0 fully saturated rings. The molecule has 0 amide bonds. The monoisotopic (exact) mass is 261 g/mol. The molecule has 5 nitrogen and oxygen atoms in total. The van der Waals surface area contributed by atoms with Crippen molar-refractivity contribution < 1.29 is 9.26 Å². The molecule has 1 aromatic heterocycles. The van der Waals surface area contributed by atoms with Crippen molar-refractivity contribution in [1.82, 2.24) is 10.1 Å². The quantitative estimate of drug-likeness (QED) is 0.803. The topological polar surface area (TPSA) is 74.2 Å². The summed E-state index contributed by atoms with van der Waals surface area (Å²) >= 11 is 0. The fourth-order valence-corrected chi connectivity index (χ4v) is 1.78. The molecule has 0 radical (unpaired) electrons. The summed E-state index contributed by atoms with van der Waals surface area (Å²) < 4.78 is 10.5. The smallest absolute Gasteiger partial charge is 0.251 e. The van der Waals surface area contributed by atoms with Crippen LogP contribution in [0.2, 0.25) is 0 Å². The van der Waals surface area contributed by atoms with E-state index in [1.165, 1.54) is 0 Å². The van der Waals surface area contributed by atoms with Crippen LogP contribution in [0.3, 0.4) is 0 Å². The van der Waals surface area contributed by atoms with Crippen LogP contribution >= 0.6 is 0 Å². The Hall–Kier alpha value is -1.72. The Bertz CT molecular complexity index is 508. The van der Waals surface area contributed by atoms with E-state index in [-0.39, 0.29) is 0 Å². The van der Waals surface area contributed by atoms with Crippen molar-refractivity contribution in [3.8, 4) is 0 Å². The minimum Gasteiger partial charge on any atom is -0.381 e. The summed E-state index contributed by atoms with van der Waals surface area (Å²) in [5, 5.41) is 3.93. The molecule has 1 heterocycles. The maximum absolute atomic E-state index is 6.30. The van der Waals surface area contributed by atoms with Gasteiger partial charge in [-0.1, -0.05) is 35.5 Å². The fourth-order valence-electron chi connectivity index (χ4n) is 1.78. The summed E-state index contributed by atoms with van der Waals surface area (Å²) in [6.07, 6.45) is 0.627. The van der Waals surface area contributed by atoms with E-state index < -0.39 is 5.54 Å². The third-order valence-corrected chi connectivity index (χ3v) is 2.96. The highest BCUT2D eigenvalue weighted by molar-refractivity contribution is 5.28. The average Bonchev–Trinajstić information content (AvgIpc) is 2.90. The molecule has 5 heteroatoms. The minimum absolute atomic E-state index is 0.421. The number of nitrogens with two attached hydrogens (primary N) is 1. The van der Waals surface area contributed by atoms with Crippen molar-refractivity contribution in [2.24, 2.45) is 5.73 Å². The molecule has 0 aliphatic heterocycles. The summed E-state index contributed by atoms with van der Waals surface area (Å²) in [4.78, 5) is 4.35. The molecule has 1 aromatic carbocycles. The first-order chi connectivity index (χ1) is 9.14. The SMILES string of the molecule is CCOCCc1noc(C(C)(N)c2ccccc2)n1. The van der Waals surface area contributed by atoms with E-state index in [1.807, 2.05) is 44.2 Å². The molecule has 0 saturated carbocycles. The van der Waals surface area contributed by atoms with Gasteiger partial charge in [0.15, 0.2) is 5.82 Å². The zero-order chi connectivity index (χ0) is 13.7. The number of aromatic nitrogens is 2. The molecular formula is C14H19N3O2. The maximum atomic E-state index is 6.30. The molecule has 0 spiro atoms. The Balaban J connectivity index is 2.13. The Morgan fingerprint density at radius 3 is 2.74 bits per heavy atom. The first kappa shape index (κ1) is 13.7. The summed E-state index contributed by atoms with van der Waals surface area (Å²) in [6, 6.07) is 9.72. The van der Waals surface area contributed by atoms with E-state index in [9.17, 15) is 0 Å². The lowest BCUT2D eigenvalue weighted by Gasteiger charge is -2.20. The number of hydrogen-bond donors (Lipinski definition) is 1. The van der Waals surface area contributed by atoms with E-state index in [1.54, 1.807) is 0 Å². The van der Waals surface area contributed by atoms with Crippen molar-refractivity contribution in [3.63, 3.8) is 0 Å². The lowest BCUT2D eigenvalue weighted by molar-refractivity contribution is 0.149. The van der Waals surface area contributed by atoms with Gasteiger partial charge >= 0.3 is 0 Å². The van der Waals surface area contributed by atoms with Crippen LogP contribution in [0, 0.1) is 0 Å². The van der Waals surface area contributed by atoms with Crippen molar-refractivity contribution in [3.05, 3.63) is 47.6 Å².